The van der Waals surface area contributed by atoms with E-state index in [0.29, 0.717) is 11.3 Å². The summed E-state index contributed by atoms with van der Waals surface area (Å²) < 4.78 is 13.1. The van der Waals surface area contributed by atoms with E-state index >= 15 is 0 Å². The van der Waals surface area contributed by atoms with Gasteiger partial charge >= 0.3 is 0 Å². The Morgan fingerprint density at radius 3 is 2.67 bits per heavy atom. The van der Waals surface area contributed by atoms with Crippen molar-refractivity contribution in [1.82, 2.24) is 4.98 Å². The lowest BCUT2D eigenvalue weighted by molar-refractivity contribution is 0.102. The predicted molar refractivity (Wildman–Crippen MR) is 82.4 cm³/mol. The summed E-state index contributed by atoms with van der Waals surface area (Å²) in [4.78, 5) is 16.2. The first kappa shape index (κ1) is 15.3. The fourth-order valence-electron chi connectivity index (χ4n) is 1.75. The molecule has 1 heterocycles. The average Bonchev–Trinajstić information content (AvgIpc) is 2.42. The molecular formula is C15H15ClFN3O. The molecule has 2 aromatic rings. The maximum atomic E-state index is 13.1. The van der Waals surface area contributed by atoms with E-state index in [1.807, 2.05) is 13.8 Å². The Hall–Kier alpha value is -2.14. The Kier molecular flexibility index (Phi) is 4.75. The van der Waals surface area contributed by atoms with E-state index < -0.39 is 5.82 Å². The summed E-state index contributed by atoms with van der Waals surface area (Å²) in [5, 5.41) is 5.78. The fourth-order valence-corrected chi connectivity index (χ4v) is 1.93. The van der Waals surface area contributed by atoms with Gasteiger partial charge in [0.25, 0.3) is 5.91 Å². The molecule has 0 unspecified atom stereocenters. The second-order valence-corrected chi connectivity index (χ2v) is 5.25. The monoisotopic (exact) mass is 307 g/mol. The Labute approximate surface area is 127 Å². The first-order valence-electron chi connectivity index (χ1n) is 6.43. The number of hydrogen-bond donors (Lipinski definition) is 2. The van der Waals surface area contributed by atoms with E-state index in [1.54, 1.807) is 12.3 Å². The summed E-state index contributed by atoms with van der Waals surface area (Å²) in [5.74, 6) is -0.864. The van der Waals surface area contributed by atoms with Crippen LogP contribution < -0.4 is 10.6 Å². The largest absolute Gasteiger partial charge is 0.382 e. The van der Waals surface area contributed by atoms with Crippen LogP contribution in [0.5, 0.6) is 0 Å². The van der Waals surface area contributed by atoms with Crippen molar-refractivity contribution in [3.8, 4) is 0 Å². The topological polar surface area (TPSA) is 54.0 Å². The number of nitrogens with zero attached hydrogens (tertiary/aromatic N) is 1. The van der Waals surface area contributed by atoms with Crippen molar-refractivity contribution >= 4 is 28.9 Å². The SMILES string of the molecule is CC(C)Nc1cncc(C(=O)Nc2ccc(F)c(Cl)c2)c1. The summed E-state index contributed by atoms with van der Waals surface area (Å²) in [7, 11) is 0. The summed E-state index contributed by atoms with van der Waals surface area (Å²) in [6.07, 6.45) is 3.11. The second-order valence-electron chi connectivity index (χ2n) is 4.84. The molecule has 0 atom stereocenters. The quantitative estimate of drug-likeness (QED) is 0.899. The molecule has 1 aromatic carbocycles. The van der Waals surface area contributed by atoms with E-state index in [-0.39, 0.29) is 17.0 Å². The van der Waals surface area contributed by atoms with Gasteiger partial charge in [-0.05, 0) is 38.1 Å². The number of hydrogen-bond acceptors (Lipinski definition) is 3. The number of aromatic nitrogens is 1. The van der Waals surface area contributed by atoms with Crippen LogP contribution in [-0.2, 0) is 0 Å². The van der Waals surface area contributed by atoms with Gasteiger partial charge in [-0.25, -0.2) is 4.39 Å². The highest BCUT2D eigenvalue weighted by molar-refractivity contribution is 6.31. The second kappa shape index (κ2) is 6.54. The van der Waals surface area contributed by atoms with Gasteiger partial charge in [-0.15, -0.1) is 0 Å². The van der Waals surface area contributed by atoms with Crippen molar-refractivity contribution in [2.45, 2.75) is 19.9 Å². The van der Waals surface area contributed by atoms with Crippen molar-refractivity contribution < 1.29 is 9.18 Å². The molecule has 2 N–H and O–H groups in total. The highest BCUT2D eigenvalue weighted by atomic mass is 35.5. The van der Waals surface area contributed by atoms with Gasteiger partial charge in [0, 0.05) is 24.1 Å². The van der Waals surface area contributed by atoms with Gasteiger partial charge in [0.15, 0.2) is 0 Å². The first-order chi connectivity index (χ1) is 9.95. The van der Waals surface area contributed by atoms with Gasteiger partial charge in [-0.3, -0.25) is 9.78 Å². The van der Waals surface area contributed by atoms with Gasteiger partial charge in [-0.1, -0.05) is 11.6 Å². The maximum Gasteiger partial charge on any atom is 0.257 e. The molecule has 0 bridgehead atoms. The van der Waals surface area contributed by atoms with Crippen molar-refractivity contribution in [1.29, 1.82) is 0 Å². The van der Waals surface area contributed by atoms with Crippen LogP contribution in [0, 0.1) is 5.82 Å². The summed E-state index contributed by atoms with van der Waals surface area (Å²) >= 11 is 5.68. The third-order valence-electron chi connectivity index (χ3n) is 2.63. The van der Waals surface area contributed by atoms with E-state index in [4.69, 9.17) is 11.6 Å². The number of anilines is 2. The number of halogens is 2. The smallest absolute Gasteiger partial charge is 0.257 e. The van der Waals surface area contributed by atoms with Crippen LogP contribution in [0.3, 0.4) is 0 Å². The molecule has 110 valence electrons. The van der Waals surface area contributed by atoms with E-state index in [0.717, 1.165) is 5.69 Å². The van der Waals surface area contributed by atoms with Gasteiger partial charge in [-0.2, -0.15) is 0 Å². The zero-order valence-electron chi connectivity index (χ0n) is 11.7. The molecule has 0 fully saturated rings. The van der Waals surface area contributed by atoms with E-state index in [9.17, 15) is 9.18 Å². The number of benzene rings is 1. The number of carbonyl (C=O) groups is 1. The van der Waals surface area contributed by atoms with Crippen LogP contribution in [-0.4, -0.2) is 16.9 Å². The zero-order valence-corrected chi connectivity index (χ0v) is 12.4. The third-order valence-corrected chi connectivity index (χ3v) is 2.92. The van der Waals surface area contributed by atoms with Gasteiger partial charge in [0.05, 0.1) is 16.3 Å². The molecule has 2 rings (SSSR count). The molecular weight excluding hydrogens is 293 g/mol. The number of amides is 1. The van der Waals surface area contributed by atoms with Crippen LogP contribution in [0.4, 0.5) is 15.8 Å². The summed E-state index contributed by atoms with van der Waals surface area (Å²) in [6, 6.07) is 5.95. The Bertz CT molecular complexity index is 661. The molecule has 1 amide bonds. The predicted octanol–water partition coefficient (Wildman–Crippen LogP) is 3.95. The standard InChI is InChI=1S/C15H15ClFN3O/c1-9(2)19-12-5-10(7-18-8-12)15(21)20-11-3-4-14(17)13(16)6-11/h3-9,19H,1-2H3,(H,20,21). The lowest BCUT2D eigenvalue weighted by atomic mass is 10.2. The molecule has 6 heteroatoms. The fraction of sp³-hybridized carbons (Fsp3) is 0.200. The van der Waals surface area contributed by atoms with Gasteiger partial charge in [0.1, 0.15) is 5.82 Å². The minimum Gasteiger partial charge on any atom is -0.382 e. The molecule has 1 aromatic heterocycles. The Morgan fingerprint density at radius 2 is 2.00 bits per heavy atom. The maximum absolute atomic E-state index is 13.1. The van der Waals surface area contributed by atoms with E-state index in [2.05, 4.69) is 15.6 Å². The molecule has 0 saturated carbocycles. The van der Waals surface area contributed by atoms with Crippen LogP contribution in [0.15, 0.2) is 36.7 Å². The molecule has 0 spiro atoms. The number of pyridine rings is 1. The summed E-state index contributed by atoms with van der Waals surface area (Å²) in [5.41, 5.74) is 1.59. The van der Waals surface area contributed by atoms with Crippen molar-refractivity contribution in [3.63, 3.8) is 0 Å². The Balaban J connectivity index is 2.14. The van der Waals surface area contributed by atoms with Crippen molar-refractivity contribution in [2.75, 3.05) is 10.6 Å². The van der Waals surface area contributed by atoms with Gasteiger partial charge in [0.2, 0.25) is 0 Å². The molecule has 0 aliphatic heterocycles. The van der Waals surface area contributed by atoms with Crippen LogP contribution in [0.25, 0.3) is 0 Å². The van der Waals surface area contributed by atoms with Crippen LogP contribution >= 0.6 is 11.6 Å². The molecule has 0 aliphatic rings. The molecule has 4 nitrogen and oxygen atoms in total. The van der Waals surface area contributed by atoms with Gasteiger partial charge < -0.3 is 10.6 Å². The average molecular weight is 308 g/mol. The lowest BCUT2D eigenvalue weighted by Crippen LogP contribution is -2.14. The van der Waals surface area contributed by atoms with Crippen LogP contribution in [0.1, 0.15) is 24.2 Å². The molecule has 0 radical (unpaired) electrons. The number of nitrogens with one attached hydrogen (secondary N) is 2. The lowest BCUT2D eigenvalue weighted by Gasteiger charge is -2.11. The zero-order chi connectivity index (χ0) is 15.4. The molecule has 0 aliphatic carbocycles. The number of rotatable bonds is 4. The molecule has 21 heavy (non-hydrogen) atoms. The first-order valence-corrected chi connectivity index (χ1v) is 6.81. The summed E-state index contributed by atoms with van der Waals surface area (Å²) in [6.45, 7) is 3.99. The Morgan fingerprint density at radius 1 is 1.24 bits per heavy atom. The highest BCUT2D eigenvalue weighted by Gasteiger charge is 2.09. The highest BCUT2D eigenvalue weighted by Crippen LogP contribution is 2.20. The minimum absolute atomic E-state index is 0.0406. The van der Waals surface area contributed by atoms with E-state index in [1.165, 1.54) is 24.4 Å². The normalized spacial score (nSPS) is 10.5. The van der Waals surface area contributed by atoms with Crippen LogP contribution in [0.2, 0.25) is 5.02 Å². The third kappa shape index (κ3) is 4.16. The van der Waals surface area contributed by atoms with Crippen molar-refractivity contribution in [2.24, 2.45) is 0 Å². The van der Waals surface area contributed by atoms with Crippen molar-refractivity contribution in [3.05, 3.63) is 53.1 Å². The molecule has 0 saturated heterocycles. The minimum atomic E-state index is -0.528. The number of carbonyl (C=O) groups excluding carboxylic acids is 1.